The van der Waals surface area contributed by atoms with Crippen LogP contribution in [0.4, 0.5) is 25.0 Å². The molecule has 0 aliphatic heterocycles. The van der Waals surface area contributed by atoms with Gasteiger partial charge in [0.25, 0.3) is 5.56 Å². The molecule has 4 aromatic rings. The Balaban J connectivity index is 1.85. The van der Waals surface area contributed by atoms with Crippen molar-refractivity contribution < 1.29 is 18.3 Å². The Morgan fingerprint density at radius 3 is 2.62 bits per heavy atom. The van der Waals surface area contributed by atoms with Gasteiger partial charge in [0.1, 0.15) is 28.7 Å². The van der Waals surface area contributed by atoms with Crippen LogP contribution in [0.3, 0.4) is 0 Å². The van der Waals surface area contributed by atoms with E-state index in [4.69, 9.17) is 4.74 Å². The van der Waals surface area contributed by atoms with Crippen LogP contribution in [0.1, 0.15) is 0 Å². The molecule has 2 heterocycles. The SMILES string of the molecule is COc1cccc(-c2c(NC(=O)Nc3ccc(F)cc3F)c(=O)n(C)c3ncccc23)c1. The number of aryl methyl sites for hydroxylation is 1. The van der Waals surface area contributed by atoms with Gasteiger partial charge in [-0.25, -0.2) is 18.6 Å². The molecule has 0 aliphatic rings. The summed E-state index contributed by atoms with van der Waals surface area (Å²) >= 11 is 0. The zero-order valence-corrected chi connectivity index (χ0v) is 17.1. The predicted molar refractivity (Wildman–Crippen MR) is 118 cm³/mol. The first-order valence-electron chi connectivity index (χ1n) is 9.54. The Kier molecular flexibility index (Phi) is 5.55. The molecular formula is C23H18F2N4O3. The summed E-state index contributed by atoms with van der Waals surface area (Å²) in [5, 5.41) is 5.44. The van der Waals surface area contributed by atoms with Gasteiger partial charge >= 0.3 is 6.03 Å². The Hall–Kier alpha value is -4.27. The highest BCUT2D eigenvalue weighted by Crippen LogP contribution is 2.34. The van der Waals surface area contributed by atoms with Crippen molar-refractivity contribution >= 4 is 28.4 Å². The molecule has 32 heavy (non-hydrogen) atoms. The molecule has 2 N–H and O–H groups in total. The second kappa shape index (κ2) is 8.46. The number of rotatable bonds is 4. The third kappa shape index (κ3) is 3.87. The van der Waals surface area contributed by atoms with Gasteiger partial charge in [-0.3, -0.25) is 9.36 Å². The number of anilines is 2. The van der Waals surface area contributed by atoms with Crippen LogP contribution in [0.25, 0.3) is 22.2 Å². The summed E-state index contributed by atoms with van der Waals surface area (Å²) in [4.78, 5) is 30.1. The fourth-order valence-electron chi connectivity index (χ4n) is 3.42. The third-order valence-electron chi connectivity index (χ3n) is 4.92. The van der Waals surface area contributed by atoms with Crippen LogP contribution in [0, 0.1) is 11.6 Å². The number of urea groups is 1. The Morgan fingerprint density at radius 2 is 1.88 bits per heavy atom. The summed E-state index contributed by atoms with van der Waals surface area (Å²) in [6.07, 6.45) is 1.56. The minimum Gasteiger partial charge on any atom is -0.497 e. The van der Waals surface area contributed by atoms with E-state index in [0.717, 1.165) is 12.1 Å². The van der Waals surface area contributed by atoms with E-state index in [1.54, 1.807) is 42.6 Å². The second-order valence-corrected chi connectivity index (χ2v) is 6.92. The van der Waals surface area contributed by atoms with E-state index in [-0.39, 0.29) is 11.4 Å². The minimum atomic E-state index is -0.941. The molecule has 0 aliphatic carbocycles. The number of carbonyl (C=O) groups is 1. The van der Waals surface area contributed by atoms with Crippen molar-refractivity contribution in [2.75, 3.05) is 17.7 Å². The standard InChI is InChI=1S/C23H18F2N4O3/c1-29-21-16(7-4-10-26-21)19(13-5-3-6-15(11-13)32-2)20(22(29)30)28-23(31)27-18-9-8-14(24)12-17(18)25/h3-12H,1-2H3,(H2,27,28,31). The summed E-state index contributed by atoms with van der Waals surface area (Å²) in [7, 11) is 3.06. The number of nitrogens with zero attached hydrogens (tertiary/aromatic N) is 2. The van der Waals surface area contributed by atoms with E-state index in [2.05, 4.69) is 15.6 Å². The number of methoxy groups -OCH3 is 1. The van der Waals surface area contributed by atoms with Gasteiger partial charge in [0.15, 0.2) is 0 Å². The first kappa shape index (κ1) is 21.0. The molecule has 0 saturated heterocycles. The molecule has 0 radical (unpaired) electrons. The second-order valence-electron chi connectivity index (χ2n) is 6.92. The normalized spacial score (nSPS) is 10.8. The molecule has 7 nitrogen and oxygen atoms in total. The lowest BCUT2D eigenvalue weighted by Crippen LogP contribution is -2.28. The number of aromatic nitrogens is 2. The molecule has 2 aromatic carbocycles. The molecule has 0 bridgehead atoms. The molecule has 0 fully saturated rings. The minimum absolute atomic E-state index is 0.0266. The van der Waals surface area contributed by atoms with Crippen molar-refractivity contribution in [3.63, 3.8) is 0 Å². The molecule has 2 aromatic heterocycles. The van der Waals surface area contributed by atoms with E-state index in [1.165, 1.54) is 18.7 Å². The summed E-state index contributed by atoms with van der Waals surface area (Å²) in [6, 6.07) is 12.4. The van der Waals surface area contributed by atoms with Crippen molar-refractivity contribution in [1.82, 2.24) is 9.55 Å². The number of hydrogen-bond donors (Lipinski definition) is 2. The van der Waals surface area contributed by atoms with E-state index < -0.39 is 23.2 Å². The quantitative estimate of drug-likeness (QED) is 0.492. The number of nitrogens with one attached hydrogen (secondary N) is 2. The lowest BCUT2D eigenvalue weighted by atomic mass is 10.00. The van der Waals surface area contributed by atoms with Crippen molar-refractivity contribution in [1.29, 1.82) is 0 Å². The fraction of sp³-hybridized carbons (Fsp3) is 0.0870. The van der Waals surface area contributed by atoms with E-state index in [9.17, 15) is 18.4 Å². The third-order valence-corrected chi connectivity index (χ3v) is 4.92. The number of carbonyl (C=O) groups excluding carboxylic acids is 1. The van der Waals surface area contributed by atoms with Crippen LogP contribution in [0.2, 0.25) is 0 Å². The average Bonchev–Trinajstić information content (AvgIpc) is 2.79. The predicted octanol–water partition coefficient (Wildman–Crippen LogP) is 4.53. The molecule has 9 heteroatoms. The van der Waals surface area contributed by atoms with Crippen molar-refractivity contribution in [2.24, 2.45) is 7.05 Å². The monoisotopic (exact) mass is 436 g/mol. The summed E-state index contributed by atoms with van der Waals surface area (Å²) in [5.74, 6) is -1.16. The number of amides is 2. The van der Waals surface area contributed by atoms with Gasteiger partial charge in [-0.2, -0.15) is 0 Å². The van der Waals surface area contributed by atoms with Crippen LogP contribution in [-0.4, -0.2) is 22.7 Å². The van der Waals surface area contributed by atoms with Gasteiger partial charge in [-0.1, -0.05) is 12.1 Å². The molecule has 0 spiro atoms. The Bertz CT molecular complexity index is 1400. The maximum atomic E-state index is 14.0. The number of halogens is 2. The van der Waals surface area contributed by atoms with E-state index in [1.807, 2.05) is 0 Å². The van der Waals surface area contributed by atoms with Gasteiger partial charge in [0.2, 0.25) is 0 Å². The highest BCUT2D eigenvalue weighted by molar-refractivity contribution is 6.07. The van der Waals surface area contributed by atoms with Crippen molar-refractivity contribution in [3.8, 4) is 16.9 Å². The Labute approximate surface area is 181 Å². The zero-order valence-electron chi connectivity index (χ0n) is 17.1. The highest BCUT2D eigenvalue weighted by Gasteiger charge is 2.20. The van der Waals surface area contributed by atoms with Gasteiger partial charge in [0.05, 0.1) is 12.8 Å². The smallest absolute Gasteiger partial charge is 0.323 e. The number of pyridine rings is 2. The number of ether oxygens (including phenoxy) is 1. The maximum absolute atomic E-state index is 14.0. The Morgan fingerprint density at radius 1 is 1.06 bits per heavy atom. The summed E-state index contributed by atoms with van der Waals surface area (Å²) in [5.41, 5.74) is 0.704. The molecule has 162 valence electrons. The molecular weight excluding hydrogens is 418 g/mol. The largest absolute Gasteiger partial charge is 0.497 e. The number of benzene rings is 2. The van der Waals surface area contributed by atoms with Crippen molar-refractivity contribution in [2.45, 2.75) is 0 Å². The van der Waals surface area contributed by atoms with Gasteiger partial charge in [-0.15, -0.1) is 0 Å². The lowest BCUT2D eigenvalue weighted by Gasteiger charge is -2.17. The fourth-order valence-corrected chi connectivity index (χ4v) is 3.42. The van der Waals surface area contributed by atoms with Gasteiger partial charge < -0.3 is 15.4 Å². The lowest BCUT2D eigenvalue weighted by molar-refractivity contribution is 0.262. The van der Waals surface area contributed by atoms with Gasteiger partial charge in [0, 0.05) is 30.3 Å². The topological polar surface area (TPSA) is 85.3 Å². The maximum Gasteiger partial charge on any atom is 0.323 e. The average molecular weight is 436 g/mol. The van der Waals surface area contributed by atoms with E-state index in [0.29, 0.717) is 34.0 Å². The van der Waals surface area contributed by atoms with Crippen LogP contribution >= 0.6 is 0 Å². The zero-order chi connectivity index (χ0) is 22.8. The van der Waals surface area contributed by atoms with Crippen LogP contribution in [0.5, 0.6) is 5.75 Å². The first-order chi connectivity index (χ1) is 15.4. The first-order valence-corrected chi connectivity index (χ1v) is 9.54. The van der Waals surface area contributed by atoms with Crippen LogP contribution in [-0.2, 0) is 7.05 Å². The highest BCUT2D eigenvalue weighted by atomic mass is 19.1. The number of hydrogen-bond acceptors (Lipinski definition) is 4. The van der Waals surface area contributed by atoms with E-state index >= 15 is 0 Å². The molecule has 0 atom stereocenters. The summed E-state index contributed by atoms with van der Waals surface area (Å²) < 4.78 is 33.7. The summed E-state index contributed by atoms with van der Waals surface area (Å²) in [6.45, 7) is 0. The molecule has 2 amide bonds. The number of fused-ring (bicyclic) bond motifs is 1. The molecule has 0 unspecified atom stereocenters. The van der Waals surface area contributed by atoms with Crippen LogP contribution < -0.4 is 20.9 Å². The van der Waals surface area contributed by atoms with Crippen LogP contribution in [0.15, 0.2) is 65.6 Å². The molecule has 4 rings (SSSR count). The van der Waals surface area contributed by atoms with Crippen molar-refractivity contribution in [3.05, 3.63) is 82.8 Å². The molecule has 0 saturated carbocycles. The van der Waals surface area contributed by atoms with Gasteiger partial charge in [-0.05, 0) is 42.0 Å².